The van der Waals surface area contributed by atoms with Crippen LogP contribution in [-0.4, -0.2) is 34.0 Å². The molecule has 0 unspecified atom stereocenters. The summed E-state index contributed by atoms with van der Waals surface area (Å²) in [5.41, 5.74) is 0. The minimum absolute atomic E-state index is 0.0996. The van der Waals surface area contributed by atoms with E-state index < -0.39 is 0 Å². The maximum absolute atomic E-state index is 12.0. The first-order valence-electron chi connectivity index (χ1n) is 6.07. The molecule has 1 N–H and O–H groups in total. The molecule has 1 fully saturated rings. The number of nitrogens with one attached hydrogen (secondary N) is 1. The van der Waals surface area contributed by atoms with Crippen LogP contribution in [0.5, 0.6) is 0 Å². The average Bonchev–Trinajstić information content (AvgIpc) is 2.40. The number of nitrogens with zero attached hydrogens (tertiary/aromatic N) is 3. The van der Waals surface area contributed by atoms with Gasteiger partial charge in [0.2, 0.25) is 0 Å². The smallest absolute Gasteiger partial charge is 0.323 e. The van der Waals surface area contributed by atoms with Crippen LogP contribution < -0.4 is 5.32 Å². The third-order valence-electron chi connectivity index (χ3n) is 3.24. The third kappa shape index (κ3) is 3.15. The Morgan fingerprint density at radius 3 is 2.76 bits per heavy atom. The molecule has 1 aliphatic rings. The number of carbonyl (C=O) groups is 1. The summed E-state index contributed by atoms with van der Waals surface area (Å²) in [6.07, 6.45) is 10.6. The van der Waals surface area contributed by atoms with E-state index in [-0.39, 0.29) is 6.03 Å². The van der Waals surface area contributed by atoms with Crippen LogP contribution in [0.3, 0.4) is 0 Å². The highest BCUT2D eigenvalue weighted by Crippen LogP contribution is 2.21. The molecule has 2 amide bonds. The minimum Gasteiger partial charge on any atom is -0.325 e. The summed E-state index contributed by atoms with van der Waals surface area (Å²) in [4.78, 5) is 21.7. The molecule has 0 radical (unpaired) electrons. The fourth-order valence-electron chi connectivity index (χ4n) is 2.20. The molecular weight excluding hydrogens is 216 g/mol. The Bertz CT molecular complexity index is 362. The molecule has 5 nitrogen and oxygen atoms in total. The number of amides is 2. The fraction of sp³-hybridized carbons (Fsp3) is 0.583. The lowest BCUT2D eigenvalue weighted by Gasteiger charge is -2.31. The maximum Gasteiger partial charge on any atom is 0.323 e. The SMILES string of the molecule is CN(C(=O)Nc1cnccn1)C1CCCCC1. The van der Waals surface area contributed by atoms with Crippen LogP contribution in [0.15, 0.2) is 18.6 Å². The normalized spacial score (nSPS) is 16.5. The zero-order chi connectivity index (χ0) is 12.1. The lowest BCUT2D eigenvalue weighted by atomic mass is 9.95. The molecule has 0 aliphatic heterocycles. The predicted octanol–water partition coefficient (Wildman–Crippen LogP) is 2.27. The van der Waals surface area contributed by atoms with Gasteiger partial charge in [-0.3, -0.25) is 10.3 Å². The molecule has 0 aromatic carbocycles. The number of anilines is 1. The molecule has 0 spiro atoms. The second-order valence-corrected chi connectivity index (χ2v) is 4.42. The van der Waals surface area contributed by atoms with Gasteiger partial charge in [0.25, 0.3) is 0 Å². The van der Waals surface area contributed by atoms with E-state index in [0.29, 0.717) is 11.9 Å². The van der Waals surface area contributed by atoms with Gasteiger partial charge in [0.15, 0.2) is 5.82 Å². The van der Waals surface area contributed by atoms with E-state index in [9.17, 15) is 4.79 Å². The average molecular weight is 234 g/mol. The van der Waals surface area contributed by atoms with Gasteiger partial charge in [-0.15, -0.1) is 0 Å². The standard InChI is InChI=1S/C12H18N4O/c1-16(10-5-3-2-4-6-10)12(17)15-11-9-13-7-8-14-11/h7-10H,2-6H2,1H3,(H,14,15,17). The molecule has 92 valence electrons. The monoisotopic (exact) mass is 234 g/mol. The fourth-order valence-corrected chi connectivity index (χ4v) is 2.20. The van der Waals surface area contributed by atoms with E-state index in [4.69, 9.17) is 0 Å². The Morgan fingerprint density at radius 2 is 2.12 bits per heavy atom. The van der Waals surface area contributed by atoms with E-state index in [1.807, 2.05) is 7.05 Å². The van der Waals surface area contributed by atoms with Crippen LogP contribution in [0.1, 0.15) is 32.1 Å². The first-order chi connectivity index (χ1) is 8.27. The van der Waals surface area contributed by atoms with E-state index in [1.165, 1.54) is 19.3 Å². The number of carbonyl (C=O) groups excluding carboxylic acids is 1. The zero-order valence-electron chi connectivity index (χ0n) is 10.1. The lowest BCUT2D eigenvalue weighted by molar-refractivity contribution is 0.186. The van der Waals surface area contributed by atoms with Gasteiger partial charge < -0.3 is 4.90 Å². The molecule has 1 aromatic heterocycles. The van der Waals surface area contributed by atoms with Crippen LogP contribution in [0.4, 0.5) is 10.6 Å². The first-order valence-corrected chi connectivity index (χ1v) is 6.07. The van der Waals surface area contributed by atoms with Crippen molar-refractivity contribution < 1.29 is 4.79 Å². The number of aromatic nitrogens is 2. The summed E-state index contributed by atoms with van der Waals surface area (Å²) < 4.78 is 0. The Morgan fingerprint density at radius 1 is 1.35 bits per heavy atom. The molecule has 17 heavy (non-hydrogen) atoms. The highest BCUT2D eigenvalue weighted by Gasteiger charge is 2.22. The Balaban J connectivity index is 1.90. The number of rotatable bonds is 2. The minimum atomic E-state index is -0.0996. The van der Waals surface area contributed by atoms with Crippen LogP contribution in [0.2, 0.25) is 0 Å². The summed E-state index contributed by atoms with van der Waals surface area (Å²) in [6, 6.07) is 0.262. The predicted molar refractivity (Wildman–Crippen MR) is 65.7 cm³/mol. The molecule has 2 rings (SSSR count). The number of hydrogen-bond acceptors (Lipinski definition) is 3. The van der Waals surface area contributed by atoms with E-state index in [0.717, 1.165) is 12.8 Å². The Hall–Kier alpha value is -1.65. The van der Waals surface area contributed by atoms with E-state index >= 15 is 0 Å². The Labute approximate surface area is 101 Å². The second-order valence-electron chi connectivity index (χ2n) is 4.42. The third-order valence-corrected chi connectivity index (χ3v) is 3.24. The van der Waals surface area contributed by atoms with Gasteiger partial charge in [-0.05, 0) is 12.8 Å². The summed E-state index contributed by atoms with van der Waals surface area (Å²) in [5.74, 6) is 0.500. The van der Waals surface area contributed by atoms with Gasteiger partial charge in [-0.2, -0.15) is 0 Å². The second kappa shape index (κ2) is 5.61. The topological polar surface area (TPSA) is 58.1 Å². The van der Waals surface area contributed by atoms with Crippen molar-refractivity contribution in [2.24, 2.45) is 0 Å². The van der Waals surface area contributed by atoms with Gasteiger partial charge >= 0.3 is 6.03 Å². The van der Waals surface area contributed by atoms with Gasteiger partial charge in [-0.1, -0.05) is 19.3 Å². The summed E-state index contributed by atoms with van der Waals surface area (Å²) >= 11 is 0. The largest absolute Gasteiger partial charge is 0.325 e. The van der Waals surface area contributed by atoms with Gasteiger partial charge in [0.1, 0.15) is 0 Å². The molecular formula is C12H18N4O. The molecule has 1 saturated carbocycles. The van der Waals surface area contributed by atoms with Crippen molar-refractivity contribution in [1.29, 1.82) is 0 Å². The molecule has 0 atom stereocenters. The van der Waals surface area contributed by atoms with Gasteiger partial charge in [0.05, 0.1) is 6.20 Å². The number of urea groups is 1. The highest BCUT2D eigenvalue weighted by molar-refractivity contribution is 5.88. The highest BCUT2D eigenvalue weighted by atomic mass is 16.2. The van der Waals surface area contributed by atoms with Crippen LogP contribution in [0.25, 0.3) is 0 Å². The first kappa shape index (κ1) is 11.8. The quantitative estimate of drug-likeness (QED) is 0.854. The summed E-state index contributed by atoms with van der Waals surface area (Å²) in [5, 5.41) is 2.75. The van der Waals surface area contributed by atoms with Crippen molar-refractivity contribution in [1.82, 2.24) is 14.9 Å². The molecule has 5 heteroatoms. The summed E-state index contributed by atoms with van der Waals surface area (Å²) in [7, 11) is 1.85. The van der Waals surface area contributed by atoms with E-state index in [2.05, 4.69) is 15.3 Å². The van der Waals surface area contributed by atoms with Crippen molar-refractivity contribution in [2.75, 3.05) is 12.4 Å². The van der Waals surface area contributed by atoms with Gasteiger partial charge in [0, 0.05) is 25.5 Å². The lowest BCUT2D eigenvalue weighted by Crippen LogP contribution is -2.41. The number of hydrogen-bond donors (Lipinski definition) is 1. The van der Waals surface area contributed by atoms with Crippen molar-refractivity contribution in [2.45, 2.75) is 38.1 Å². The van der Waals surface area contributed by atoms with Gasteiger partial charge in [-0.25, -0.2) is 9.78 Å². The summed E-state index contributed by atoms with van der Waals surface area (Å²) in [6.45, 7) is 0. The molecule has 1 heterocycles. The zero-order valence-corrected chi connectivity index (χ0v) is 10.1. The van der Waals surface area contributed by atoms with E-state index in [1.54, 1.807) is 23.5 Å². The molecule has 1 aliphatic carbocycles. The van der Waals surface area contributed by atoms with Crippen molar-refractivity contribution in [3.05, 3.63) is 18.6 Å². The molecule has 0 saturated heterocycles. The molecule has 0 bridgehead atoms. The van der Waals surface area contributed by atoms with Crippen molar-refractivity contribution >= 4 is 11.8 Å². The maximum atomic E-state index is 12.0. The van der Waals surface area contributed by atoms with Crippen molar-refractivity contribution in [3.63, 3.8) is 0 Å². The molecule has 1 aromatic rings. The van der Waals surface area contributed by atoms with Crippen LogP contribution in [0, 0.1) is 0 Å². The van der Waals surface area contributed by atoms with Crippen molar-refractivity contribution in [3.8, 4) is 0 Å². The van der Waals surface area contributed by atoms with Crippen LogP contribution in [-0.2, 0) is 0 Å². The van der Waals surface area contributed by atoms with Crippen LogP contribution >= 0.6 is 0 Å². The Kier molecular flexibility index (Phi) is 3.90.